The van der Waals surface area contributed by atoms with E-state index in [0.717, 1.165) is 59.8 Å². The molecule has 0 fully saturated rings. The highest BCUT2D eigenvalue weighted by Gasteiger charge is 2.32. The molecule has 12 heteroatoms. The number of unbranched alkanes of at least 4 members (excludes halogenated alkanes) is 26. The van der Waals surface area contributed by atoms with E-state index in [-0.39, 0.29) is 17.7 Å². The molecule has 0 heterocycles. The van der Waals surface area contributed by atoms with Gasteiger partial charge < -0.3 is 28.3 Å². The number of likely N-dealkylation sites (N-methyl/N-ethyl adjacent to an activating group) is 1. The average Bonchev–Trinajstić information content (AvgIpc) is 3.51. The molecule has 11 nitrogen and oxygen atoms in total. The molecule has 0 aliphatic heterocycles. The van der Waals surface area contributed by atoms with E-state index in [1.807, 2.05) is 106 Å². The van der Waals surface area contributed by atoms with Crippen molar-refractivity contribution in [1.82, 2.24) is 0 Å². The van der Waals surface area contributed by atoms with Crippen LogP contribution in [0.5, 0.6) is 11.5 Å². The molecule has 454 valence electrons. The quantitative estimate of drug-likeness (QED) is 0.0150. The summed E-state index contributed by atoms with van der Waals surface area (Å²) in [6, 6.07) is 29.8. The summed E-state index contributed by atoms with van der Waals surface area (Å²) >= 11 is 0. The molecule has 4 aromatic rings. The summed E-state index contributed by atoms with van der Waals surface area (Å²) in [6.45, 7) is 5.40. The minimum absolute atomic E-state index is 0.0388. The van der Waals surface area contributed by atoms with Crippen molar-refractivity contribution in [3.8, 4) is 11.5 Å². The summed E-state index contributed by atoms with van der Waals surface area (Å²) in [7, 11) is 1.24. The Bertz CT molecular complexity index is 2310. The van der Waals surface area contributed by atoms with Gasteiger partial charge >= 0.3 is 20.1 Å². The van der Waals surface area contributed by atoms with Gasteiger partial charge in [0.05, 0.1) is 45.5 Å². The van der Waals surface area contributed by atoms with Crippen LogP contribution in [0.15, 0.2) is 97.1 Å². The second-order valence-electron chi connectivity index (χ2n) is 23.2. The van der Waals surface area contributed by atoms with Crippen molar-refractivity contribution in [2.45, 2.75) is 200 Å². The van der Waals surface area contributed by atoms with Crippen LogP contribution in [0.1, 0.15) is 237 Å². The van der Waals surface area contributed by atoms with Gasteiger partial charge in [-0.15, -0.1) is 0 Å². The number of ether oxygens (including phenoxy) is 4. The van der Waals surface area contributed by atoms with Crippen molar-refractivity contribution in [2.24, 2.45) is 0 Å². The van der Waals surface area contributed by atoms with Gasteiger partial charge in [-0.3, -0.25) is 0 Å². The fourth-order valence-electron chi connectivity index (χ4n) is 9.40. The van der Waals surface area contributed by atoms with Gasteiger partial charge in [0.15, 0.2) is 6.10 Å². The maximum absolute atomic E-state index is 13.5. The van der Waals surface area contributed by atoms with Gasteiger partial charge in [0.25, 0.3) is 0 Å². The Hall–Kier alpha value is -4.87. The third kappa shape index (κ3) is 34.0. The lowest BCUT2D eigenvalue weighted by molar-refractivity contribution is -0.870. The molecule has 4 aromatic carbocycles. The predicted molar refractivity (Wildman–Crippen MR) is 339 cm³/mol. The largest absolute Gasteiger partial charge is 0.606 e. The number of hydrogen-bond acceptors (Lipinski definition) is 10. The van der Waals surface area contributed by atoms with Gasteiger partial charge in [-0.25, -0.2) is 9.59 Å². The molecule has 0 saturated carbocycles. The van der Waals surface area contributed by atoms with Crippen molar-refractivity contribution in [3.05, 3.63) is 130 Å². The Morgan fingerprint density at radius 3 is 1.10 bits per heavy atom. The Kier molecular flexibility index (Phi) is 36.4. The lowest BCUT2D eigenvalue weighted by Gasteiger charge is -2.26. The number of benzene rings is 4. The minimum Gasteiger partial charge on any atom is -0.606 e. The van der Waals surface area contributed by atoms with Crippen molar-refractivity contribution < 1.29 is 51.9 Å². The first kappa shape index (κ1) is 69.6. The number of carbonyl (C=O) groups excluding carboxylic acids is 2. The van der Waals surface area contributed by atoms with Crippen LogP contribution >= 0.6 is 8.17 Å². The maximum atomic E-state index is 13.5. The van der Waals surface area contributed by atoms with E-state index >= 15 is 0 Å². The number of carbonyl (C=O) groups is 2. The lowest BCUT2D eigenvalue weighted by atomic mass is 10.0. The second-order valence-corrected chi connectivity index (χ2v) is 24.6. The number of hydrogen-bond donors (Lipinski definition) is 1. The van der Waals surface area contributed by atoms with Crippen molar-refractivity contribution in [3.63, 3.8) is 0 Å². The topological polar surface area (TPSA) is 133 Å². The molecular formula is C70H105NO10P+. The van der Waals surface area contributed by atoms with Crippen molar-refractivity contribution >= 4 is 44.4 Å². The zero-order valence-corrected chi connectivity index (χ0v) is 52.1. The highest BCUT2D eigenvalue weighted by atomic mass is 31.2. The Labute approximate surface area is 496 Å². The molecule has 2 atom stereocenters. The summed E-state index contributed by atoms with van der Waals surface area (Å²) < 4.78 is 34.3. The Morgan fingerprint density at radius 1 is 0.439 bits per heavy atom. The fraction of sp³-hybridized carbons (Fsp3) is 0.571. The number of quaternary nitrogens is 1. The number of rotatable bonds is 48. The summed E-state index contributed by atoms with van der Waals surface area (Å²) in [5, 5.41) is 0. The van der Waals surface area contributed by atoms with E-state index in [1.54, 1.807) is 36.4 Å². The van der Waals surface area contributed by atoms with Gasteiger partial charge in [-0.2, -0.15) is 13.9 Å². The first-order valence-electron chi connectivity index (χ1n) is 31.6. The fourth-order valence-corrected chi connectivity index (χ4v) is 10.1. The van der Waals surface area contributed by atoms with E-state index in [9.17, 15) is 19.4 Å². The third-order valence-corrected chi connectivity index (χ3v) is 15.6. The minimum atomic E-state index is -4.54. The summed E-state index contributed by atoms with van der Waals surface area (Å²) in [4.78, 5) is 50.0. The SMILES string of the molecule is CCCCCCCCCCCCCCCCOc1ccc(/C=C/c2ccc(C(=O)OCC(CO[P+]([O-])(O)OCC[N+](C)(C)C)OC(=O)c3ccc(/C=C/c4ccc(OCCCCCCCCCCCCCCCC)cc4)cc3)cc2)cc1. The smallest absolute Gasteiger partial charge is 0.377 e. The average molecular weight is 1150 g/mol. The first-order valence-corrected chi connectivity index (χ1v) is 33.1. The molecular weight excluding hydrogens is 1050 g/mol. The molecule has 4 rings (SSSR count). The molecule has 1 N–H and O–H groups in total. The van der Waals surface area contributed by atoms with Gasteiger partial charge in [-0.05, 0) is 83.6 Å². The van der Waals surface area contributed by atoms with E-state index in [2.05, 4.69) is 13.8 Å². The van der Waals surface area contributed by atoms with Gasteiger partial charge in [0.2, 0.25) is 0 Å². The van der Waals surface area contributed by atoms with Crippen LogP contribution < -0.4 is 14.4 Å². The van der Waals surface area contributed by atoms with Crippen LogP contribution in [0, 0.1) is 0 Å². The highest BCUT2D eigenvalue weighted by Crippen LogP contribution is 2.47. The molecule has 82 heavy (non-hydrogen) atoms. The number of phosphoric acid groups is 1. The van der Waals surface area contributed by atoms with Crippen LogP contribution in [0.4, 0.5) is 0 Å². The molecule has 0 spiro atoms. The standard InChI is InChI=1S/C70H104NO10P/c1-6-8-10-12-14-16-18-20-22-24-26-28-30-32-55-76-66-50-42-62(43-51-66)36-34-60-38-46-64(47-39-60)69(72)78-58-68(59-80-82(74,75)79-57-54-71(3,4)5)81-70(73)65-48-40-61(41-49-65)35-37-63-44-52-67(53-45-63)77-56-33-31-29-27-25-23-21-19-17-15-13-11-9-7-2/h34-53,68H,6-33,54-59H2,1-5H3/p+1/b36-34+,37-35+. The molecule has 0 aliphatic rings. The zero-order chi connectivity index (χ0) is 58.8. The van der Waals surface area contributed by atoms with Crippen LogP contribution in [0.25, 0.3) is 24.3 Å². The molecule has 2 unspecified atom stereocenters. The molecule has 0 amide bonds. The Balaban J connectivity index is 1.17. The maximum Gasteiger partial charge on any atom is 0.377 e. The summed E-state index contributed by atoms with van der Waals surface area (Å²) in [5.74, 6) is 0.334. The van der Waals surface area contributed by atoms with Crippen LogP contribution in [-0.4, -0.2) is 88.1 Å². The molecule has 0 bridgehead atoms. The van der Waals surface area contributed by atoms with Crippen LogP contribution in [0.3, 0.4) is 0 Å². The molecule has 0 aromatic heterocycles. The molecule has 0 aliphatic carbocycles. The molecule has 0 radical (unpaired) electrons. The van der Waals surface area contributed by atoms with Crippen LogP contribution in [-0.2, 0) is 18.5 Å². The van der Waals surface area contributed by atoms with Crippen molar-refractivity contribution in [1.29, 1.82) is 0 Å². The van der Waals surface area contributed by atoms with E-state index in [0.29, 0.717) is 11.0 Å². The lowest BCUT2D eigenvalue weighted by Crippen LogP contribution is -2.38. The number of phosphoric ester groups is 1. The van der Waals surface area contributed by atoms with Gasteiger partial charge in [-0.1, -0.05) is 254 Å². The Morgan fingerprint density at radius 2 is 0.756 bits per heavy atom. The number of esters is 2. The summed E-state index contributed by atoms with van der Waals surface area (Å²) in [5.41, 5.74) is 4.29. The first-order chi connectivity index (χ1) is 39.8. The molecule has 0 saturated heterocycles. The monoisotopic (exact) mass is 1150 g/mol. The van der Waals surface area contributed by atoms with Gasteiger partial charge in [0.1, 0.15) is 37.9 Å². The van der Waals surface area contributed by atoms with Crippen LogP contribution in [0.2, 0.25) is 0 Å². The zero-order valence-electron chi connectivity index (χ0n) is 51.2. The predicted octanol–water partition coefficient (Wildman–Crippen LogP) is 17.9. The normalized spacial score (nSPS) is 12.9. The third-order valence-electron chi connectivity index (χ3n) is 14.6. The van der Waals surface area contributed by atoms with Gasteiger partial charge in [0, 0.05) is 0 Å². The van der Waals surface area contributed by atoms with E-state index < -0.39 is 39.4 Å². The second kappa shape index (κ2) is 42.9. The van der Waals surface area contributed by atoms with E-state index in [1.165, 1.54) is 167 Å². The van der Waals surface area contributed by atoms with Crippen molar-refractivity contribution in [2.75, 3.05) is 60.7 Å². The highest BCUT2D eigenvalue weighted by molar-refractivity contribution is 7.52. The summed E-state index contributed by atoms with van der Waals surface area (Å²) in [6.07, 6.45) is 44.0. The van der Waals surface area contributed by atoms with E-state index in [4.69, 9.17) is 28.0 Å². The number of nitrogens with zero attached hydrogens (tertiary/aromatic N) is 1.